The molecule has 118 heavy (non-hydrogen) atoms. The standard InChI is InChI=1S/C114H96BN3/c1-111(2,3)87-57-81-33-35-83-59-89(113(7,8)9)67-98-96(63-85(61-87)106(81)108(83)98)79-45-55-102-100(65-79)115-101-66-80(97-64-86-62-88(112(4,5)6)58-82-34-36-84-60-90(114(10,11)12)68-99(97)109(84)107(82)86)46-56-103(101)118(94-53-43-78(44-54-94)74-31-23-16-24-32-74)105-70-95(69-104(110(105)115)117(102)93-51-41-77(42-52-93)73-29-21-15-22-30-73)116(91-47-37-75(38-48-91)71-25-17-13-18-26-71)92-49-39-76(40-50-92)72-27-19-14-20-28-72/h13-33,35,37-70H,34,36H2,1-12H3. The van der Waals surface area contributed by atoms with Gasteiger partial charge in [0, 0.05) is 45.5 Å². The van der Waals surface area contributed by atoms with E-state index < -0.39 is 0 Å². The Labute approximate surface area is 695 Å². The summed E-state index contributed by atoms with van der Waals surface area (Å²) >= 11 is 0. The van der Waals surface area contributed by atoms with Crippen LogP contribution in [0.15, 0.2) is 340 Å². The van der Waals surface area contributed by atoms with Gasteiger partial charge in [-0.2, -0.15) is 0 Å². The summed E-state index contributed by atoms with van der Waals surface area (Å²) < 4.78 is 0. The van der Waals surface area contributed by atoms with Crippen LogP contribution in [0, 0.1) is 0 Å². The predicted octanol–water partition coefficient (Wildman–Crippen LogP) is 29.7. The van der Waals surface area contributed by atoms with Gasteiger partial charge in [-0.25, -0.2) is 0 Å². The molecule has 0 amide bonds. The monoisotopic (exact) mass is 1520 g/mol. The van der Waals surface area contributed by atoms with Gasteiger partial charge in [0.2, 0.25) is 0 Å². The summed E-state index contributed by atoms with van der Waals surface area (Å²) in [7, 11) is 0. The summed E-state index contributed by atoms with van der Waals surface area (Å²) in [6.07, 6.45) is 2.03. The Bertz CT molecular complexity index is 6920. The Morgan fingerprint density at radius 3 is 0.975 bits per heavy atom. The van der Waals surface area contributed by atoms with Crippen LogP contribution in [0.1, 0.15) is 116 Å². The number of fused-ring (bicyclic) bond motifs is 4. The third-order valence-corrected chi connectivity index (χ3v) is 26.0. The van der Waals surface area contributed by atoms with E-state index in [-0.39, 0.29) is 28.4 Å². The fourth-order valence-electron chi connectivity index (χ4n) is 19.6. The van der Waals surface area contributed by atoms with Crippen molar-refractivity contribution in [3.8, 4) is 66.8 Å². The average Bonchev–Trinajstić information content (AvgIpc) is 0.709. The highest BCUT2D eigenvalue weighted by Crippen LogP contribution is 2.53. The SMILES string of the molecule is CC(C)(C)c1cc2c3c(c1)cc(-c1ccc4c(c1)B1c5cc(-c6cc7cc(C(C)(C)C)cc8ccc9cc(C(C)(C)C)cc6c9c87)ccc5N(c5ccc(-c6ccccc6)cc5)c5cc(N(c6ccc(-c7ccccc7)cc6)c6ccc(-c7ccccc7)cc6)cc(c51)N4c1ccc(-c4ccccc4)cc1)c1cc(C(C)(C)C)cc(c13)CC2. The lowest BCUT2D eigenvalue weighted by molar-refractivity contribution is 0.589. The normalized spacial score (nSPS) is 13.3. The minimum absolute atomic E-state index is 0.0427. The Balaban J connectivity index is 0.889. The van der Waals surface area contributed by atoms with Crippen LogP contribution in [-0.4, -0.2) is 6.71 Å². The zero-order valence-electron chi connectivity index (χ0n) is 69.7. The Hall–Kier alpha value is -13.0. The predicted molar refractivity (Wildman–Crippen MR) is 509 cm³/mol. The summed E-state index contributed by atoms with van der Waals surface area (Å²) in [5, 5.41) is 13.3. The summed E-state index contributed by atoms with van der Waals surface area (Å²) in [6.45, 7) is 28.2. The van der Waals surface area contributed by atoms with Gasteiger partial charge in [-0.05, 0) is 302 Å². The van der Waals surface area contributed by atoms with Crippen molar-refractivity contribution in [3.63, 3.8) is 0 Å². The number of hydrogen-bond acceptors (Lipinski definition) is 3. The molecule has 0 bridgehead atoms. The quantitative estimate of drug-likeness (QED) is 0.0944. The van der Waals surface area contributed by atoms with Gasteiger partial charge >= 0.3 is 0 Å². The number of nitrogens with zero attached hydrogens (tertiary/aromatic N) is 3. The molecule has 0 saturated heterocycles. The molecule has 3 aliphatic rings. The van der Waals surface area contributed by atoms with E-state index in [0.29, 0.717) is 0 Å². The van der Waals surface area contributed by atoms with Crippen LogP contribution in [0.5, 0.6) is 0 Å². The lowest BCUT2D eigenvalue weighted by Gasteiger charge is -2.45. The lowest BCUT2D eigenvalue weighted by Crippen LogP contribution is -2.61. The topological polar surface area (TPSA) is 9.72 Å². The van der Waals surface area contributed by atoms with Crippen LogP contribution in [0.4, 0.5) is 51.2 Å². The Morgan fingerprint density at radius 2 is 0.568 bits per heavy atom. The highest BCUT2D eigenvalue weighted by molar-refractivity contribution is 7.00. The molecule has 0 saturated carbocycles. The maximum Gasteiger partial charge on any atom is 0.252 e. The van der Waals surface area contributed by atoms with Crippen molar-refractivity contribution in [1.82, 2.24) is 0 Å². The van der Waals surface area contributed by atoms with Crippen LogP contribution in [0.2, 0.25) is 0 Å². The first-order valence-electron chi connectivity index (χ1n) is 42.3. The Morgan fingerprint density at radius 1 is 0.246 bits per heavy atom. The second kappa shape index (κ2) is 27.3. The molecule has 0 radical (unpaired) electrons. The van der Waals surface area contributed by atoms with Gasteiger partial charge in [-0.1, -0.05) is 326 Å². The van der Waals surface area contributed by atoms with Gasteiger partial charge in [-0.3, -0.25) is 0 Å². The second-order valence-corrected chi connectivity index (χ2v) is 37.7. The van der Waals surface area contributed by atoms with E-state index in [0.717, 1.165) is 75.2 Å². The molecule has 0 fully saturated rings. The minimum Gasteiger partial charge on any atom is -0.311 e. The van der Waals surface area contributed by atoms with Gasteiger partial charge in [0.15, 0.2) is 0 Å². The van der Waals surface area contributed by atoms with Crippen molar-refractivity contribution in [2.45, 2.75) is 118 Å². The van der Waals surface area contributed by atoms with Crippen molar-refractivity contribution in [2.24, 2.45) is 0 Å². The third kappa shape index (κ3) is 12.3. The van der Waals surface area contributed by atoms with Gasteiger partial charge in [0.1, 0.15) is 0 Å². The van der Waals surface area contributed by atoms with Gasteiger partial charge in [0.25, 0.3) is 6.71 Å². The first-order chi connectivity index (χ1) is 57.0. The number of anilines is 9. The fraction of sp³-hybridized carbons (Fsp3) is 0.158. The van der Waals surface area contributed by atoms with Crippen molar-refractivity contribution in [1.29, 1.82) is 0 Å². The molecule has 2 aliphatic heterocycles. The average molecular weight is 1520 g/mol. The molecule has 0 unspecified atom stereocenters. The van der Waals surface area contributed by atoms with E-state index in [1.54, 1.807) is 0 Å². The maximum absolute atomic E-state index is 2.65. The molecule has 4 heteroatoms. The van der Waals surface area contributed by atoms with Crippen LogP contribution < -0.4 is 31.1 Å². The molecule has 18 aromatic rings. The van der Waals surface area contributed by atoms with Crippen LogP contribution >= 0.6 is 0 Å². The van der Waals surface area contributed by atoms with E-state index in [1.807, 2.05) is 0 Å². The first kappa shape index (κ1) is 72.7. The largest absolute Gasteiger partial charge is 0.311 e. The van der Waals surface area contributed by atoms with Crippen LogP contribution in [0.3, 0.4) is 0 Å². The number of aryl methyl sites for hydroxylation is 2. The third-order valence-electron chi connectivity index (χ3n) is 26.0. The van der Waals surface area contributed by atoms with E-state index in [4.69, 9.17) is 0 Å². The van der Waals surface area contributed by atoms with E-state index in [9.17, 15) is 0 Å². The molecule has 0 atom stereocenters. The number of hydrogen-bond donors (Lipinski definition) is 0. The summed E-state index contributed by atoms with van der Waals surface area (Å²) in [5.41, 5.74) is 35.9. The molecule has 0 aromatic heterocycles. The molecule has 3 nitrogen and oxygen atoms in total. The smallest absolute Gasteiger partial charge is 0.252 e. The summed E-state index contributed by atoms with van der Waals surface area (Å²) in [6, 6.07) is 131. The van der Waals surface area contributed by atoms with Gasteiger partial charge in [-0.15, -0.1) is 0 Å². The van der Waals surface area contributed by atoms with Crippen molar-refractivity contribution in [2.75, 3.05) is 14.7 Å². The van der Waals surface area contributed by atoms with Crippen molar-refractivity contribution in [3.05, 3.63) is 373 Å². The zero-order chi connectivity index (χ0) is 80.4. The summed E-state index contributed by atoms with van der Waals surface area (Å²) in [5.74, 6) is 0. The second-order valence-electron chi connectivity index (χ2n) is 37.7. The minimum atomic E-state index is -0.286. The first-order valence-corrected chi connectivity index (χ1v) is 42.3. The molecule has 2 heterocycles. The molecule has 0 spiro atoms. The van der Waals surface area contributed by atoms with Crippen molar-refractivity contribution < 1.29 is 0 Å². The highest BCUT2D eigenvalue weighted by atomic mass is 15.2. The summed E-state index contributed by atoms with van der Waals surface area (Å²) in [4.78, 5) is 7.76. The van der Waals surface area contributed by atoms with E-state index >= 15 is 0 Å². The van der Waals surface area contributed by atoms with Gasteiger partial charge in [0.05, 0.1) is 5.69 Å². The molecule has 570 valence electrons. The molecular formula is C114H96BN3. The van der Waals surface area contributed by atoms with Crippen LogP contribution in [-0.2, 0) is 34.5 Å². The highest BCUT2D eigenvalue weighted by Gasteiger charge is 2.45. The number of benzene rings is 18. The molecule has 1 aliphatic carbocycles. The maximum atomic E-state index is 2.65. The van der Waals surface area contributed by atoms with Crippen molar-refractivity contribution >= 4 is 128 Å². The Kier molecular flexibility index (Phi) is 16.8. The van der Waals surface area contributed by atoms with Crippen LogP contribution in [0.25, 0.3) is 121 Å². The molecule has 0 N–H and O–H groups in total. The van der Waals surface area contributed by atoms with E-state index in [2.05, 4.69) is 438 Å². The fourth-order valence-corrected chi connectivity index (χ4v) is 19.6. The molecule has 21 rings (SSSR count). The van der Waals surface area contributed by atoms with E-state index in [1.165, 1.54) is 159 Å². The molecular weight excluding hydrogens is 1420 g/mol. The number of rotatable bonds is 11. The lowest BCUT2D eigenvalue weighted by atomic mass is 9.33. The molecule has 18 aromatic carbocycles. The van der Waals surface area contributed by atoms with Gasteiger partial charge < -0.3 is 14.7 Å². The zero-order valence-corrected chi connectivity index (χ0v) is 69.7.